The highest BCUT2D eigenvalue weighted by Gasteiger charge is 2.28. The number of fused-ring (bicyclic) bond motifs is 2. The molecule has 33 heavy (non-hydrogen) atoms. The highest BCUT2D eigenvalue weighted by atomic mass is 32.2. The molecule has 0 amide bonds. The van der Waals surface area contributed by atoms with Crippen LogP contribution in [0.4, 0.5) is 4.20 Å². The minimum atomic E-state index is -2.52. The smallest absolute Gasteiger partial charge is 0.413 e. The summed E-state index contributed by atoms with van der Waals surface area (Å²) in [5.41, 5.74) is 2.68. The lowest BCUT2D eigenvalue weighted by Crippen LogP contribution is -2.17. The summed E-state index contributed by atoms with van der Waals surface area (Å²) in [6.45, 7) is 13.7. The number of hydrogen-bond donors (Lipinski definition) is 0. The van der Waals surface area contributed by atoms with Crippen molar-refractivity contribution >= 4 is 20.4 Å². The quantitative estimate of drug-likeness (QED) is 0.244. The molecule has 2 aromatic carbocycles. The van der Waals surface area contributed by atoms with Gasteiger partial charge >= 0.3 is 8.69 Å². The van der Waals surface area contributed by atoms with Crippen LogP contribution in [0.3, 0.4) is 0 Å². The van der Waals surface area contributed by atoms with E-state index in [9.17, 15) is 4.20 Å². The lowest BCUT2D eigenvalue weighted by molar-refractivity contribution is 0.422. The van der Waals surface area contributed by atoms with E-state index in [2.05, 4.69) is 65.8 Å². The van der Waals surface area contributed by atoms with Gasteiger partial charge in [0.2, 0.25) is 0 Å². The predicted molar refractivity (Wildman–Crippen MR) is 141 cm³/mol. The van der Waals surface area contributed by atoms with Crippen LogP contribution in [-0.2, 0) is 10.8 Å². The molecule has 0 unspecified atom stereocenters. The monoisotopic (exact) mass is 490 g/mol. The summed E-state index contributed by atoms with van der Waals surface area (Å²) in [6.07, 6.45) is 9.64. The zero-order valence-electron chi connectivity index (χ0n) is 21.2. The Morgan fingerprint density at radius 3 is 1.55 bits per heavy atom. The van der Waals surface area contributed by atoms with E-state index in [1.807, 2.05) is 12.1 Å². The lowest BCUT2D eigenvalue weighted by Gasteiger charge is -2.28. The van der Waals surface area contributed by atoms with Gasteiger partial charge < -0.3 is 9.05 Å². The van der Waals surface area contributed by atoms with Gasteiger partial charge in [-0.3, -0.25) is 0 Å². The molecular weight excluding hydrogens is 450 g/mol. The normalized spacial score (nSPS) is 14.5. The van der Waals surface area contributed by atoms with Gasteiger partial charge in [-0.05, 0) is 59.1 Å². The first-order valence-corrected chi connectivity index (χ1v) is 14.3. The molecule has 0 radical (unpaired) electrons. The van der Waals surface area contributed by atoms with E-state index in [-0.39, 0.29) is 10.8 Å². The van der Waals surface area contributed by atoms with Crippen molar-refractivity contribution in [3.05, 3.63) is 47.5 Å². The van der Waals surface area contributed by atoms with Crippen LogP contribution in [-0.4, -0.2) is 0 Å². The third kappa shape index (κ3) is 6.89. The van der Waals surface area contributed by atoms with Crippen molar-refractivity contribution in [3.63, 3.8) is 0 Å². The van der Waals surface area contributed by atoms with E-state index in [1.54, 1.807) is 11.8 Å². The van der Waals surface area contributed by atoms with Crippen LogP contribution in [0.25, 0.3) is 0 Å². The summed E-state index contributed by atoms with van der Waals surface area (Å²) in [5, 5.41) is 0. The van der Waals surface area contributed by atoms with E-state index in [0.29, 0.717) is 11.5 Å². The standard InChI is InChI=1S/C28H40FO2PS/c1-7-9-11-17-27(3,4)21-13-15-23-25(19-21)33-26-20-22(28(5,6)18-12-10-8-2)14-16-24(26)31-32(29)30-23/h13-16,19-20H,7-12,17-18H2,1-6H3. The summed E-state index contributed by atoms with van der Waals surface area (Å²) >= 11 is 1.63. The number of unbranched alkanes of at least 4 members (excludes halogenated alkanes) is 4. The van der Waals surface area contributed by atoms with Crippen LogP contribution in [0.1, 0.15) is 104 Å². The maximum absolute atomic E-state index is 14.7. The predicted octanol–water partition coefficient (Wildman–Crippen LogP) is 10.5. The molecule has 1 heterocycles. The number of benzene rings is 2. The van der Waals surface area contributed by atoms with Gasteiger partial charge in [0, 0.05) is 0 Å². The first-order chi connectivity index (χ1) is 15.7. The molecule has 3 rings (SSSR count). The van der Waals surface area contributed by atoms with E-state index in [1.165, 1.54) is 49.7 Å². The van der Waals surface area contributed by atoms with Gasteiger partial charge in [0.25, 0.3) is 0 Å². The fourth-order valence-corrected chi connectivity index (χ4v) is 6.20. The van der Waals surface area contributed by atoms with Crippen LogP contribution in [0, 0.1) is 0 Å². The molecule has 0 aliphatic carbocycles. The van der Waals surface area contributed by atoms with Crippen molar-refractivity contribution in [2.24, 2.45) is 0 Å². The zero-order chi connectivity index (χ0) is 24.1. The van der Waals surface area contributed by atoms with E-state index < -0.39 is 8.69 Å². The molecule has 0 saturated carbocycles. The molecule has 0 saturated heterocycles. The summed E-state index contributed by atoms with van der Waals surface area (Å²) in [6, 6.07) is 12.4. The lowest BCUT2D eigenvalue weighted by atomic mass is 9.80. The van der Waals surface area contributed by atoms with Gasteiger partial charge in [-0.25, -0.2) is 0 Å². The molecule has 1 aliphatic rings. The second-order valence-electron chi connectivity index (χ2n) is 10.5. The van der Waals surface area contributed by atoms with Gasteiger partial charge in [-0.2, -0.15) is 0 Å². The molecule has 0 N–H and O–H groups in total. The molecule has 0 spiro atoms. The fourth-order valence-electron chi connectivity index (χ4n) is 4.38. The third-order valence-electron chi connectivity index (χ3n) is 6.82. The molecule has 2 nitrogen and oxygen atoms in total. The average Bonchev–Trinajstić information content (AvgIpc) is 2.75. The van der Waals surface area contributed by atoms with Crippen LogP contribution in [0.5, 0.6) is 11.5 Å². The van der Waals surface area contributed by atoms with Gasteiger partial charge in [0.1, 0.15) is 11.5 Å². The summed E-state index contributed by atoms with van der Waals surface area (Å²) in [7, 11) is -2.52. The van der Waals surface area contributed by atoms with Crippen LogP contribution in [0.15, 0.2) is 46.2 Å². The molecule has 5 heteroatoms. The van der Waals surface area contributed by atoms with Crippen molar-refractivity contribution in [2.75, 3.05) is 0 Å². The fraction of sp³-hybridized carbons (Fsp3) is 0.571. The molecule has 0 atom stereocenters. The molecular formula is C28H40FO2PS. The van der Waals surface area contributed by atoms with Crippen molar-refractivity contribution in [1.82, 2.24) is 0 Å². The maximum atomic E-state index is 14.7. The Bertz CT molecular complexity index is 855. The minimum absolute atomic E-state index is 0.0655. The molecule has 1 aliphatic heterocycles. The van der Waals surface area contributed by atoms with Crippen LogP contribution in [0.2, 0.25) is 0 Å². The molecule has 2 aromatic rings. The average molecular weight is 491 g/mol. The molecule has 182 valence electrons. The van der Waals surface area contributed by atoms with Crippen molar-refractivity contribution in [3.8, 4) is 11.5 Å². The van der Waals surface area contributed by atoms with Crippen molar-refractivity contribution in [1.29, 1.82) is 0 Å². The SMILES string of the molecule is CCCCCC(C)(C)c1ccc2c(c1)Sc1cc(C(C)(C)CCCCC)ccc1OP(F)O2. The Kier molecular flexibility index (Phi) is 9.15. The van der Waals surface area contributed by atoms with Gasteiger partial charge in [0.15, 0.2) is 0 Å². The maximum Gasteiger partial charge on any atom is 0.505 e. The summed E-state index contributed by atoms with van der Waals surface area (Å²) < 4.78 is 25.8. The Hall–Kier alpha value is -1.25. The molecule has 0 fully saturated rings. The van der Waals surface area contributed by atoms with E-state index >= 15 is 0 Å². The number of rotatable bonds is 10. The zero-order valence-corrected chi connectivity index (χ0v) is 22.9. The summed E-state index contributed by atoms with van der Waals surface area (Å²) in [4.78, 5) is 1.93. The highest BCUT2D eigenvalue weighted by molar-refractivity contribution is 7.99. The Labute approximate surface area is 206 Å². The second-order valence-corrected chi connectivity index (χ2v) is 12.4. The van der Waals surface area contributed by atoms with Crippen molar-refractivity contribution in [2.45, 2.75) is 114 Å². The van der Waals surface area contributed by atoms with Crippen LogP contribution < -0.4 is 9.05 Å². The van der Waals surface area contributed by atoms with Gasteiger partial charge in [0.05, 0.1) is 9.79 Å². The first-order valence-electron chi connectivity index (χ1n) is 12.4. The first kappa shape index (κ1) is 26.4. The molecule has 0 bridgehead atoms. The van der Waals surface area contributed by atoms with Crippen LogP contribution >= 0.6 is 20.4 Å². The Morgan fingerprint density at radius 2 is 1.15 bits per heavy atom. The topological polar surface area (TPSA) is 18.5 Å². The van der Waals surface area contributed by atoms with E-state index in [0.717, 1.165) is 22.6 Å². The van der Waals surface area contributed by atoms with Gasteiger partial charge in [-0.1, -0.05) is 104 Å². The summed E-state index contributed by atoms with van der Waals surface area (Å²) in [5.74, 6) is 1.14. The Balaban J connectivity index is 1.92. The van der Waals surface area contributed by atoms with Gasteiger partial charge in [-0.15, -0.1) is 4.20 Å². The second kappa shape index (κ2) is 11.5. The van der Waals surface area contributed by atoms with E-state index in [4.69, 9.17) is 9.05 Å². The number of hydrogen-bond acceptors (Lipinski definition) is 3. The van der Waals surface area contributed by atoms with Crippen molar-refractivity contribution < 1.29 is 13.2 Å². The number of halogens is 1. The third-order valence-corrected chi connectivity index (χ3v) is 8.58. The Morgan fingerprint density at radius 1 is 0.727 bits per heavy atom. The minimum Gasteiger partial charge on any atom is -0.413 e. The largest absolute Gasteiger partial charge is 0.505 e. The highest BCUT2D eigenvalue weighted by Crippen LogP contribution is 2.53. The molecule has 0 aromatic heterocycles.